The average Bonchev–Trinajstić information content (AvgIpc) is 3.15. The molecule has 4 rings (SSSR count). The summed E-state index contributed by atoms with van der Waals surface area (Å²) >= 11 is 0. The maximum atomic E-state index is 12.9. The number of hydrogen-bond donors (Lipinski definition) is 2. The van der Waals surface area contributed by atoms with Crippen molar-refractivity contribution >= 4 is 6.03 Å². The smallest absolute Gasteiger partial charge is 0.318 e. The molecule has 3 aromatic rings. The number of para-hydroxylation sites is 1. The molecule has 28 heavy (non-hydrogen) atoms. The number of nitrogens with one attached hydrogen (secondary N) is 1. The Hall–Kier alpha value is -3.48. The second-order valence-electron chi connectivity index (χ2n) is 6.74. The Labute approximate surface area is 163 Å². The Morgan fingerprint density at radius 1 is 1.25 bits per heavy atom. The van der Waals surface area contributed by atoms with E-state index in [1.807, 2.05) is 43.5 Å². The predicted molar refractivity (Wildman–Crippen MR) is 105 cm³/mol. The highest BCUT2D eigenvalue weighted by molar-refractivity contribution is 5.75. The first kappa shape index (κ1) is 17.9. The molecule has 1 aliphatic rings. The van der Waals surface area contributed by atoms with Gasteiger partial charge in [-0.2, -0.15) is 5.10 Å². The molecule has 0 radical (unpaired) electrons. The zero-order valence-corrected chi connectivity index (χ0v) is 15.6. The topological polar surface area (TPSA) is 79.6 Å². The molecular formula is C21H22N4O3. The van der Waals surface area contributed by atoms with Crippen molar-refractivity contribution in [3.8, 4) is 17.2 Å². The van der Waals surface area contributed by atoms with E-state index in [1.54, 1.807) is 34.0 Å². The first-order chi connectivity index (χ1) is 13.6. The minimum absolute atomic E-state index is 0.153. The molecule has 2 amide bonds. The third-order valence-electron chi connectivity index (χ3n) is 4.81. The van der Waals surface area contributed by atoms with Crippen LogP contribution in [0.25, 0.3) is 5.69 Å². The van der Waals surface area contributed by atoms with Crippen LogP contribution in [0.1, 0.15) is 24.1 Å². The SMILES string of the molecule is CC(NC(=O)N1CCOc2cc(O)ccc2C1)c1ccccc1-n1cccn1. The van der Waals surface area contributed by atoms with Crippen LogP contribution in [0.4, 0.5) is 4.79 Å². The van der Waals surface area contributed by atoms with Crippen molar-refractivity contribution in [2.75, 3.05) is 13.2 Å². The fourth-order valence-electron chi connectivity index (χ4n) is 3.36. The molecule has 0 saturated heterocycles. The van der Waals surface area contributed by atoms with Gasteiger partial charge in [0.05, 0.1) is 24.8 Å². The number of rotatable bonds is 3. The van der Waals surface area contributed by atoms with Gasteiger partial charge in [-0.3, -0.25) is 0 Å². The minimum Gasteiger partial charge on any atom is -0.508 e. The van der Waals surface area contributed by atoms with Crippen LogP contribution in [-0.4, -0.2) is 39.0 Å². The van der Waals surface area contributed by atoms with Crippen LogP contribution in [0.5, 0.6) is 11.5 Å². The molecule has 1 unspecified atom stereocenters. The third-order valence-corrected chi connectivity index (χ3v) is 4.81. The van der Waals surface area contributed by atoms with E-state index >= 15 is 0 Å². The quantitative estimate of drug-likeness (QED) is 0.733. The molecule has 144 valence electrons. The summed E-state index contributed by atoms with van der Waals surface area (Å²) in [6.45, 7) is 3.23. The monoisotopic (exact) mass is 378 g/mol. The lowest BCUT2D eigenvalue weighted by molar-refractivity contribution is 0.184. The number of urea groups is 1. The summed E-state index contributed by atoms with van der Waals surface area (Å²) in [4.78, 5) is 14.6. The van der Waals surface area contributed by atoms with E-state index in [4.69, 9.17) is 4.74 Å². The second-order valence-corrected chi connectivity index (χ2v) is 6.74. The number of fused-ring (bicyclic) bond motifs is 1. The van der Waals surface area contributed by atoms with Gasteiger partial charge in [-0.1, -0.05) is 18.2 Å². The second kappa shape index (κ2) is 7.64. The number of nitrogens with zero attached hydrogens (tertiary/aromatic N) is 3. The number of amides is 2. The lowest BCUT2D eigenvalue weighted by atomic mass is 10.1. The highest BCUT2D eigenvalue weighted by atomic mass is 16.5. The van der Waals surface area contributed by atoms with Crippen LogP contribution >= 0.6 is 0 Å². The number of carbonyl (C=O) groups excluding carboxylic acids is 1. The molecule has 0 fully saturated rings. The molecule has 0 saturated carbocycles. The van der Waals surface area contributed by atoms with Gasteiger partial charge in [-0.15, -0.1) is 0 Å². The largest absolute Gasteiger partial charge is 0.508 e. The van der Waals surface area contributed by atoms with Gasteiger partial charge in [0.1, 0.15) is 18.1 Å². The number of ether oxygens (including phenoxy) is 1. The van der Waals surface area contributed by atoms with E-state index in [0.29, 0.717) is 25.4 Å². The molecule has 2 heterocycles. The van der Waals surface area contributed by atoms with Crippen LogP contribution in [0.3, 0.4) is 0 Å². The molecule has 1 aliphatic heterocycles. The maximum Gasteiger partial charge on any atom is 0.318 e. The Bertz CT molecular complexity index is 972. The van der Waals surface area contributed by atoms with Crippen LogP contribution in [-0.2, 0) is 6.54 Å². The van der Waals surface area contributed by atoms with E-state index in [-0.39, 0.29) is 17.8 Å². The molecule has 7 heteroatoms. The van der Waals surface area contributed by atoms with Crippen molar-refractivity contribution in [2.24, 2.45) is 0 Å². The molecule has 7 nitrogen and oxygen atoms in total. The highest BCUT2D eigenvalue weighted by Gasteiger charge is 2.22. The predicted octanol–water partition coefficient (Wildman–Crippen LogP) is 3.24. The highest BCUT2D eigenvalue weighted by Crippen LogP contribution is 2.27. The Kier molecular flexibility index (Phi) is 4.89. The fraction of sp³-hybridized carbons (Fsp3) is 0.238. The maximum absolute atomic E-state index is 12.9. The first-order valence-electron chi connectivity index (χ1n) is 9.21. The third kappa shape index (κ3) is 3.64. The van der Waals surface area contributed by atoms with Gasteiger partial charge in [-0.05, 0) is 36.8 Å². The van der Waals surface area contributed by atoms with Crippen LogP contribution in [0.2, 0.25) is 0 Å². The Morgan fingerprint density at radius 3 is 2.93 bits per heavy atom. The normalized spacial score (nSPS) is 14.5. The van der Waals surface area contributed by atoms with Crippen LogP contribution < -0.4 is 10.1 Å². The van der Waals surface area contributed by atoms with Gasteiger partial charge < -0.3 is 20.1 Å². The van der Waals surface area contributed by atoms with Crippen molar-refractivity contribution in [2.45, 2.75) is 19.5 Å². The molecule has 2 aromatic carbocycles. The van der Waals surface area contributed by atoms with Crippen molar-refractivity contribution in [3.05, 3.63) is 72.1 Å². The summed E-state index contributed by atoms with van der Waals surface area (Å²) in [6.07, 6.45) is 3.61. The van der Waals surface area contributed by atoms with E-state index in [2.05, 4.69) is 10.4 Å². The number of phenols is 1. The van der Waals surface area contributed by atoms with Crippen LogP contribution in [0.15, 0.2) is 60.9 Å². The van der Waals surface area contributed by atoms with Crippen LogP contribution in [0, 0.1) is 0 Å². The zero-order valence-electron chi connectivity index (χ0n) is 15.6. The Balaban J connectivity index is 1.50. The van der Waals surface area contributed by atoms with E-state index in [9.17, 15) is 9.90 Å². The number of aromatic hydroxyl groups is 1. The molecule has 1 aromatic heterocycles. The van der Waals surface area contributed by atoms with Gasteiger partial charge >= 0.3 is 6.03 Å². The van der Waals surface area contributed by atoms with Gasteiger partial charge in [-0.25, -0.2) is 9.48 Å². The van der Waals surface area contributed by atoms with E-state index in [0.717, 1.165) is 16.8 Å². The summed E-state index contributed by atoms with van der Waals surface area (Å²) in [6, 6.07) is 14.4. The summed E-state index contributed by atoms with van der Waals surface area (Å²) in [5.41, 5.74) is 2.78. The Morgan fingerprint density at radius 2 is 2.11 bits per heavy atom. The van der Waals surface area contributed by atoms with Crippen molar-refractivity contribution in [3.63, 3.8) is 0 Å². The summed E-state index contributed by atoms with van der Waals surface area (Å²) in [5.74, 6) is 0.771. The molecule has 0 aliphatic carbocycles. The van der Waals surface area contributed by atoms with Crippen molar-refractivity contribution in [1.82, 2.24) is 20.0 Å². The lowest BCUT2D eigenvalue weighted by Crippen LogP contribution is -2.41. The number of benzene rings is 2. The van der Waals surface area contributed by atoms with Gasteiger partial charge in [0.2, 0.25) is 0 Å². The summed E-state index contributed by atoms with van der Waals surface area (Å²) < 4.78 is 7.47. The lowest BCUT2D eigenvalue weighted by Gasteiger charge is -2.24. The zero-order chi connectivity index (χ0) is 19.5. The molecule has 2 N–H and O–H groups in total. The standard InChI is InChI=1S/C21H22N4O3/c1-15(18-5-2-3-6-19(18)25-10-4-9-22-25)23-21(27)24-11-12-28-20-13-17(26)8-7-16(20)14-24/h2-10,13,15,26H,11-12,14H2,1H3,(H,23,27). The van der Waals surface area contributed by atoms with Gasteiger partial charge in [0.25, 0.3) is 0 Å². The fourth-order valence-corrected chi connectivity index (χ4v) is 3.36. The number of phenolic OH excluding ortho intramolecular Hbond substituents is 1. The van der Waals surface area contributed by atoms with E-state index < -0.39 is 0 Å². The van der Waals surface area contributed by atoms with Crippen molar-refractivity contribution in [1.29, 1.82) is 0 Å². The average molecular weight is 378 g/mol. The number of carbonyl (C=O) groups is 1. The number of aromatic nitrogens is 2. The molecule has 0 spiro atoms. The molecule has 0 bridgehead atoms. The molecular weight excluding hydrogens is 356 g/mol. The van der Waals surface area contributed by atoms with Gasteiger partial charge in [0.15, 0.2) is 0 Å². The van der Waals surface area contributed by atoms with E-state index in [1.165, 1.54) is 0 Å². The first-order valence-corrected chi connectivity index (χ1v) is 9.21. The summed E-state index contributed by atoms with van der Waals surface area (Å²) in [7, 11) is 0. The minimum atomic E-state index is -0.198. The molecule has 1 atom stereocenters. The summed E-state index contributed by atoms with van der Waals surface area (Å²) in [5, 5.41) is 17.0. The van der Waals surface area contributed by atoms with Crippen molar-refractivity contribution < 1.29 is 14.6 Å². The van der Waals surface area contributed by atoms with Gasteiger partial charge in [0, 0.05) is 24.0 Å². The number of hydrogen-bond acceptors (Lipinski definition) is 4.